The van der Waals surface area contributed by atoms with Crippen molar-refractivity contribution in [3.05, 3.63) is 80.3 Å². The van der Waals surface area contributed by atoms with Crippen molar-refractivity contribution in [1.29, 1.82) is 0 Å². The summed E-state index contributed by atoms with van der Waals surface area (Å²) in [4.78, 5) is 12.8. The Kier molecular flexibility index (Phi) is 8.03. The molecule has 0 unspecified atom stereocenters. The molecule has 0 spiro atoms. The predicted octanol–water partition coefficient (Wildman–Crippen LogP) is 6.45. The van der Waals surface area contributed by atoms with Gasteiger partial charge < -0.3 is 10.1 Å². The molecular weight excluding hydrogens is 530 g/mol. The second-order valence-corrected chi connectivity index (χ2v) is 10.4. The number of rotatable bonds is 7. The maximum Gasteiger partial charge on any atom is 0.268 e. The summed E-state index contributed by atoms with van der Waals surface area (Å²) in [6, 6.07) is 13.5. The molecule has 0 saturated heterocycles. The van der Waals surface area contributed by atoms with Crippen molar-refractivity contribution < 1.29 is 17.9 Å². The Morgan fingerprint density at radius 3 is 2.30 bits per heavy atom. The van der Waals surface area contributed by atoms with Crippen molar-refractivity contribution in [1.82, 2.24) is 0 Å². The van der Waals surface area contributed by atoms with Crippen LogP contribution in [0.4, 0.5) is 11.4 Å². The lowest BCUT2D eigenvalue weighted by molar-refractivity contribution is -0.114. The zero-order valence-electron chi connectivity index (χ0n) is 17.4. The fourth-order valence-electron chi connectivity index (χ4n) is 2.97. The van der Waals surface area contributed by atoms with Gasteiger partial charge in [0.25, 0.3) is 10.0 Å². The molecule has 0 fully saturated rings. The minimum absolute atomic E-state index is 0.107. The van der Waals surface area contributed by atoms with Gasteiger partial charge in [-0.3, -0.25) is 9.10 Å². The SMILES string of the molecule is COc1ccc(C)cc1S(=O)(=O)N(CC(=O)Nc1cc(Cl)ccc1Cl)c1ccc(Cl)c(Cl)c1. The van der Waals surface area contributed by atoms with Gasteiger partial charge in [0.2, 0.25) is 5.91 Å². The minimum Gasteiger partial charge on any atom is -0.495 e. The third-order valence-electron chi connectivity index (χ3n) is 4.57. The fourth-order valence-corrected chi connectivity index (χ4v) is 5.26. The van der Waals surface area contributed by atoms with Crippen molar-refractivity contribution in [2.45, 2.75) is 11.8 Å². The van der Waals surface area contributed by atoms with Crippen LogP contribution in [0.3, 0.4) is 0 Å². The normalized spacial score (nSPS) is 11.2. The largest absolute Gasteiger partial charge is 0.495 e. The Morgan fingerprint density at radius 1 is 0.939 bits per heavy atom. The van der Waals surface area contributed by atoms with Crippen LogP contribution in [-0.2, 0) is 14.8 Å². The number of amides is 1. The molecule has 3 aromatic rings. The average molecular weight is 548 g/mol. The number of carbonyl (C=O) groups excluding carboxylic acids is 1. The zero-order valence-corrected chi connectivity index (χ0v) is 21.2. The monoisotopic (exact) mass is 546 g/mol. The van der Waals surface area contributed by atoms with Crippen molar-refractivity contribution in [3.8, 4) is 5.75 Å². The molecule has 0 aromatic heterocycles. The molecule has 0 bridgehead atoms. The molecule has 3 rings (SSSR count). The molecule has 0 heterocycles. The first kappa shape index (κ1) is 25.5. The van der Waals surface area contributed by atoms with E-state index in [0.29, 0.717) is 10.6 Å². The van der Waals surface area contributed by atoms with E-state index in [2.05, 4.69) is 5.32 Å². The van der Waals surface area contributed by atoms with Crippen LogP contribution in [0.1, 0.15) is 5.56 Å². The summed E-state index contributed by atoms with van der Waals surface area (Å²) in [7, 11) is -2.91. The maximum absolute atomic E-state index is 13.7. The minimum atomic E-state index is -4.27. The van der Waals surface area contributed by atoms with Crippen molar-refractivity contribution >= 4 is 73.7 Å². The van der Waals surface area contributed by atoms with Crippen LogP contribution in [0.15, 0.2) is 59.5 Å². The Labute approximate surface area is 212 Å². The number of nitrogens with zero attached hydrogens (tertiary/aromatic N) is 1. The number of carbonyl (C=O) groups is 1. The lowest BCUT2D eigenvalue weighted by Crippen LogP contribution is -2.38. The number of hydrogen-bond donors (Lipinski definition) is 1. The number of ether oxygens (including phenoxy) is 1. The topological polar surface area (TPSA) is 75.7 Å². The van der Waals surface area contributed by atoms with E-state index in [1.54, 1.807) is 25.1 Å². The number of sulfonamides is 1. The number of nitrogens with one attached hydrogen (secondary N) is 1. The standard InChI is InChI=1S/C22H18Cl4N2O4S/c1-13-3-8-20(32-2)21(9-13)33(30,31)28(15-5-7-16(24)18(26)11-15)12-22(29)27-19-10-14(23)4-6-17(19)25/h3-11H,12H2,1-2H3,(H,27,29). The van der Waals surface area contributed by atoms with Gasteiger partial charge in [-0.1, -0.05) is 52.5 Å². The number of benzene rings is 3. The summed E-state index contributed by atoms with van der Waals surface area (Å²) in [5.74, 6) is -0.524. The highest BCUT2D eigenvalue weighted by atomic mass is 35.5. The van der Waals surface area contributed by atoms with Crippen LogP contribution in [0, 0.1) is 6.92 Å². The molecule has 0 radical (unpaired) electrons. The molecule has 11 heteroatoms. The number of methoxy groups -OCH3 is 1. The molecule has 1 N–H and O–H groups in total. The van der Waals surface area contributed by atoms with Crippen LogP contribution in [0.25, 0.3) is 0 Å². The molecule has 0 atom stereocenters. The van der Waals surface area contributed by atoms with E-state index in [1.165, 1.54) is 43.5 Å². The van der Waals surface area contributed by atoms with E-state index in [-0.39, 0.29) is 37.1 Å². The van der Waals surface area contributed by atoms with Gasteiger partial charge in [-0.25, -0.2) is 8.42 Å². The first-order valence-corrected chi connectivity index (χ1v) is 12.4. The molecule has 0 aliphatic heterocycles. The quantitative estimate of drug-likeness (QED) is 0.368. The highest BCUT2D eigenvalue weighted by Crippen LogP contribution is 2.34. The van der Waals surface area contributed by atoms with Gasteiger partial charge in [-0.15, -0.1) is 0 Å². The zero-order chi connectivity index (χ0) is 24.3. The summed E-state index contributed by atoms with van der Waals surface area (Å²) in [6.45, 7) is 1.16. The summed E-state index contributed by atoms with van der Waals surface area (Å²) in [6.07, 6.45) is 0. The lowest BCUT2D eigenvalue weighted by Gasteiger charge is -2.25. The molecule has 33 heavy (non-hydrogen) atoms. The number of anilines is 2. The first-order chi connectivity index (χ1) is 15.5. The second kappa shape index (κ2) is 10.4. The Balaban J connectivity index is 2.06. The van der Waals surface area contributed by atoms with Crippen molar-refractivity contribution in [3.63, 3.8) is 0 Å². The van der Waals surface area contributed by atoms with Crippen LogP contribution in [0.2, 0.25) is 20.1 Å². The summed E-state index contributed by atoms with van der Waals surface area (Å²) in [5.41, 5.74) is 1.08. The molecular formula is C22H18Cl4N2O4S. The maximum atomic E-state index is 13.7. The van der Waals surface area contributed by atoms with E-state index in [9.17, 15) is 13.2 Å². The number of aryl methyl sites for hydroxylation is 1. The predicted molar refractivity (Wildman–Crippen MR) is 134 cm³/mol. The highest BCUT2D eigenvalue weighted by Gasteiger charge is 2.31. The van der Waals surface area contributed by atoms with Crippen LogP contribution >= 0.6 is 46.4 Å². The Morgan fingerprint density at radius 2 is 1.64 bits per heavy atom. The van der Waals surface area contributed by atoms with E-state index in [1.807, 2.05) is 0 Å². The van der Waals surface area contributed by atoms with Crippen molar-refractivity contribution in [2.75, 3.05) is 23.3 Å². The van der Waals surface area contributed by atoms with Gasteiger partial charge in [-0.05, 0) is 61.0 Å². The van der Waals surface area contributed by atoms with E-state index < -0.39 is 22.5 Å². The first-order valence-electron chi connectivity index (χ1n) is 9.40. The summed E-state index contributed by atoms with van der Waals surface area (Å²) in [5, 5.41) is 3.56. The molecule has 1 amide bonds. The average Bonchev–Trinajstić information content (AvgIpc) is 2.76. The fraction of sp³-hybridized carbons (Fsp3) is 0.136. The third kappa shape index (κ3) is 5.86. The summed E-state index contributed by atoms with van der Waals surface area (Å²) < 4.78 is 33.6. The van der Waals surface area contributed by atoms with Gasteiger partial charge in [0, 0.05) is 5.02 Å². The Bertz CT molecular complexity index is 1320. The Hall–Kier alpha value is -2.16. The second-order valence-electron chi connectivity index (χ2n) is 6.94. The van der Waals surface area contributed by atoms with Crippen LogP contribution in [0.5, 0.6) is 5.75 Å². The molecule has 0 saturated carbocycles. The number of halogens is 4. The van der Waals surface area contributed by atoms with Gasteiger partial charge in [0.15, 0.2) is 0 Å². The molecule has 174 valence electrons. The van der Waals surface area contributed by atoms with Gasteiger partial charge >= 0.3 is 0 Å². The van der Waals surface area contributed by atoms with Gasteiger partial charge in [-0.2, -0.15) is 0 Å². The molecule has 0 aliphatic carbocycles. The van der Waals surface area contributed by atoms with Crippen molar-refractivity contribution in [2.24, 2.45) is 0 Å². The molecule has 6 nitrogen and oxygen atoms in total. The van der Waals surface area contributed by atoms with E-state index in [0.717, 1.165) is 4.31 Å². The smallest absolute Gasteiger partial charge is 0.268 e. The van der Waals surface area contributed by atoms with Gasteiger partial charge in [0.05, 0.1) is 33.6 Å². The molecule has 3 aromatic carbocycles. The number of hydrogen-bond acceptors (Lipinski definition) is 4. The van der Waals surface area contributed by atoms with Crippen LogP contribution in [-0.4, -0.2) is 28.0 Å². The lowest BCUT2D eigenvalue weighted by atomic mass is 10.2. The third-order valence-corrected chi connectivity index (χ3v) is 7.67. The van der Waals surface area contributed by atoms with E-state index in [4.69, 9.17) is 51.1 Å². The van der Waals surface area contributed by atoms with E-state index >= 15 is 0 Å². The highest BCUT2D eigenvalue weighted by molar-refractivity contribution is 7.93. The van der Waals surface area contributed by atoms with Crippen LogP contribution < -0.4 is 14.4 Å². The van der Waals surface area contributed by atoms with Gasteiger partial charge in [0.1, 0.15) is 17.2 Å². The molecule has 0 aliphatic rings. The summed E-state index contributed by atoms with van der Waals surface area (Å²) >= 11 is 24.2.